The van der Waals surface area contributed by atoms with Crippen LogP contribution in [0.4, 0.5) is 22.7 Å². The molecule has 0 fully saturated rings. The van der Waals surface area contributed by atoms with Crippen molar-refractivity contribution in [3.8, 4) is 0 Å². The maximum absolute atomic E-state index is 10.6. The van der Waals surface area contributed by atoms with Gasteiger partial charge in [-0.2, -0.15) is 10.2 Å². The molecular formula is C17H20N7O2+. The van der Waals surface area contributed by atoms with Crippen LogP contribution in [0.1, 0.15) is 6.92 Å². The molecule has 0 radical (unpaired) electrons. The van der Waals surface area contributed by atoms with Crippen LogP contribution in [0.3, 0.4) is 0 Å². The molecule has 0 amide bonds. The number of azo groups is 1. The van der Waals surface area contributed by atoms with Crippen LogP contribution in [0.15, 0.2) is 69.0 Å². The zero-order valence-electron chi connectivity index (χ0n) is 14.7. The average molecular weight is 354 g/mol. The summed E-state index contributed by atoms with van der Waals surface area (Å²) in [5.41, 5.74) is 2.35. The summed E-state index contributed by atoms with van der Waals surface area (Å²) in [7, 11) is 1.59. The van der Waals surface area contributed by atoms with Crippen LogP contribution < -0.4 is 9.81 Å². The molecule has 0 aliphatic carbocycles. The number of benzene rings is 2. The second-order valence-corrected chi connectivity index (χ2v) is 5.22. The number of non-ortho nitro benzene ring substituents is 1. The van der Waals surface area contributed by atoms with Crippen molar-refractivity contribution in [1.29, 1.82) is 0 Å². The van der Waals surface area contributed by atoms with Crippen molar-refractivity contribution in [3.63, 3.8) is 0 Å². The fourth-order valence-electron chi connectivity index (χ4n) is 2.23. The first-order chi connectivity index (χ1) is 12.6. The smallest absolute Gasteiger partial charge is 0.269 e. The number of hydrogen-bond acceptors (Lipinski definition) is 7. The first-order valence-electron chi connectivity index (χ1n) is 8.11. The second kappa shape index (κ2) is 9.75. The van der Waals surface area contributed by atoms with Gasteiger partial charge in [0.25, 0.3) is 5.69 Å². The molecule has 2 rings (SSSR count). The highest BCUT2D eigenvalue weighted by Gasteiger charge is 2.05. The minimum atomic E-state index is -0.447. The van der Waals surface area contributed by atoms with E-state index < -0.39 is 4.92 Å². The van der Waals surface area contributed by atoms with Gasteiger partial charge in [0.05, 0.1) is 16.3 Å². The Morgan fingerprint density at radius 3 is 2.12 bits per heavy atom. The molecule has 134 valence electrons. The molecule has 26 heavy (non-hydrogen) atoms. The van der Waals surface area contributed by atoms with Gasteiger partial charge in [-0.3, -0.25) is 10.1 Å². The molecule has 9 heteroatoms. The lowest BCUT2D eigenvalue weighted by atomic mass is 10.2. The van der Waals surface area contributed by atoms with Crippen LogP contribution in [0.2, 0.25) is 0 Å². The fraction of sp³-hybridized carbons (Fsp3) is 0.294. The van der Waals surface area contributed by atoms with Crippen LogP contribution in [0.25, 0.3) is 0 Å². The van der Waals surface area contributed by atoms with Gasteiger partial charge in [-0.05, 0) is 43.3 Å². The standard InChI is InChI=1S/C17H20N7O2/c1-3-23(13-12-19-22-18-2)16-8-4-14(5-9-16)20-21-15-6-10-17(11-7-15)24(25)26/h4-11H,3,12-13H2,1-2H3/q+1. The number of nitro groups is 1. The van der Waals surface area contributed by atoms with Gasteiger partial charge in [0.2, 0.25) is 4.91 Å². The molecule has 2 aromatic rings. The molecule has 0 aliphatic rings. The molecule has 0 bridgehead atoms. The molecule has 0 aromatic heterocycles. The molecule has 0 spiro atoms. The van der Waals surface area contributed by atoms with E-state index in [4.69, 9.17) is 0 Å². The lowest BCUT2D eigenvalue weighted by Crippen LogP contribution is -2.25. The summed E-state index contributed by atoms with van der Waals surface area (Å²) < 4.78 is 0. The zero-order chi connectivity index (χ0) is 18.8. The highest BCUT2D eigenvalue weighted by atomic mass is 16.6. The van der Waals surface area contributed by atoms with Gasteiger partial charge in [-0.25, -0.2) is 0 Å². The Labute approximate surface area is 151 Å². The summed E-state index contributed by atoms with van der Waals surface area (Å²) in [5.74, 6) is 0. The summed E-state index contributed by atoms with van der Waals surface area (Å²) >= 11 is 0. The third-order valence-electron chi connectivity index (χ3n) is 3.56. The highest BCUT2D eigenvalue weighted by Crippen LogP contribution is 2.23. The Hall–Kier alpha value is -3.45. The van der Waals surface area contributed by atoms with Crippen LogP contribution in [0, 0.1) is 10.1 Å². The Balaban J connectivity index is 2.01. The number of nitrogens with zero attached hydrogens (tertiary/aromatic N) is 7. The molecule has 0 atom stereocenters. The molecule has 0 N–H and O–H groups in total. The topological polar surface area (TPSA) is 110 Å². The van der Waals surface area contributed by atoms with Crippen molar-refractivity contribution in [1.82, 2.24) is 4.91 Å². The van der Waals surface area contributed by atoms with E-state index >= 15 is 0 Å². The largest absolute Gasteiger partial charge is 0.370 e. The lowest BCUT2D eigenvalue weighted by Gasteiger charge is -2.21. The summed E-state index contributed by atoms with van der Waals surface area (Å²) in [6.45, 7) is 4.25. The minimum absolute atomic E-state index is 0.0279. The summed E-state index contributed by atoms with van der Waals surface area (Å²) in [4.78, 5) is 16.0. The van der Waals surface area contributed by atoms with Crippen molar-refractivity contribution in [3.05, 3.63) is 58.6 Å². The van der Waals surface area contributed by atoms with Crippen molar-refractivity contribution < 1.29 is 4.92 Å². The van der Waals surface area contributed by atoms with Crippen molar-refractivity contribution in [2.24, 2.45) is 20.5 Å². The minimum Gasteiger partial charge on any atom is -0.370 e. The average Bonchev–Trinajstić information content (AvgIpc) is 2.67. The highest BCUT2D eigenvalue weighted by molar-refractivity contribution is 5.53. The van der Waals surface area contributed by atoms with Crippen molar-refractivity contribution >= 4 is 22.7 Å². The molecule has 0 aliphatic heterocycles. The predicted octanol–water partition coefficient (Wildman–Crippen LogP) is 4.44. The first-order valence-corrected chi connectivity index (χ1v) is 8.11. The second-order valence-electron chi connectivity index (χ2n) is 5.22. The molecule has 2 aromatic carbocycles. The maximum atomic E-state index is 10.6. The van der Waals surface area contributed by atoms with Crippen molar-refractivity contribution in [2.45, 2.75) is 6.92 Å². The number of anilines is 1. The van der Waals surface area contributed by atoms with Gasteiger partial charge < -0.3 is 4.90 Å². The maximum Gasteiger partial charge on any atom is 0.269 e. The van der Waals surface area contributed by atoms with E-state index in [1.54, 1.807) is 19.2 Å². The normalized spacial score (nSPS) is 10.4. The van der Waals surface area contributed by atoms with Crippen LogP contribution in [0.5, 0.6) is 0 Å². The Bertz CT molecular complexity index is 810. The van der Waals surface area contributed by atoms with Gasteiger partial charge in [-0.1, -0.05) is 0 Å². The fourth-order valence-corrected chi connectivity index (χ4v) is 2.23. The number of likely N-dealkylation sites (N-methyl/N-ethyl adjacent to an activating group) is 1. The van der Waals surface area contributed by atoms with Gasteiger partial charge in [-0.15, -0.1) is 0 Å². The van der Waals surface area contributed by atoms with Crippen molar-refractivity contribution in [2.75, 3.05) is 31.6 Å². The summed E-state index contributed by atoms with van der Waals surface area (Å²) in [6.07, 6.45) is 0. The van der Waals surface area contributed by atoms with E-state index in [9.17, 15) is 10.1 Å². The predicted molar refractivity (Wildman–Crippen MR) is 99.4 cm³/mol. The van der Waals surface area contributed by atoms with Gasteiger partial charge in [0.1, 0.15) is 23.8 Å². The lowest BCUT2D eigenvalue weighted by molar-refractivity contribution is -0.384. The van der Waals surface area contributed by atoms with Crippen LogP contribution in [-0.4, -0.2) is 31.6 Å². The molecule has 0 saturated carbocycles. The Kier molecular flexibility index (Phi) is 7.08. The molecule has 0 saturated heterocycles. The molecule has 9 nitrogen and oxygen atoms in total. The quantitative estimate of drug-likeness (QED) is 0.302. The van der Waals surface area contributed by atoms with E-state index in [2.05, 4.69) is 37.2 Å². The SMILES string of the molecule is CCN(CCN=[N+]=NC)c1ccc(N=Nc2ccc([N+](=O)[O-])cc2)cc1. The van der Waals surface area contributed by atoms with E-state index in [1.165, 1.54) is 12.1 Å². The number of rotatable bonds is 8. The van der Waals surface area contributed by atoms with Gasteiger partial charge in [0.15, 0.2) is 0 Å². The monoisotopic (exact) mass is 354 g/mol. The Morgan fingerprint density at radius 1 is 1.04 bits per heavy atom. The molecule has 0 heterocycles. The first kappa shape index (κ1) is 18.9. The van der Waals surface area contributed by atoms with Crippen LogP contribution in [-0.2, 0) is 0 Å². The summed E-state index contributed by atoms with van der Waals surface area (Å²) in [6, 6.07) is 13.6. The van der Waals surface area contributed by atoms with E-state index in [1.807, 2.05) is 24.3 Å². The molecular weight excluding hydrogens is 334 g/mol. The molecule has 0 unspecified atom stereocenters. The van der Waals surface area contributed by atoms with Gasteiger partial charge in [0, 0.05) is 30.9 Å². The van der Waals surface area contributed by atoms with E-state index in [-0.39, 0.29) is 5.69 Å². The third kappa shape index (κ3) is 5.57. The van der Waals surface area contributed by atoms with Crippen LogP contribution >= 0.6 is 0 Å². The summed E-state index contributed by atoms with van der Waals surface area (Å²) in [5, 5.41) is 26.4. The van der Waals surface area contributed by atoms with E-state index in [0.717, 1.165) is 18.8 Å². The zero-order valence-corrected chi connectivity index (χ0v) is 14.7. The van der Waals surface area contributed by atoms with E-state index in [0.29, 0.717) is 17.9 Å². The van der Waals surface area contributed by atoms with Gasteiger partial charge >= 0.3 is 0 Å². The Morgan fingerprint density at radius 2 is 1.62 bits per heavy atom. The number of hydrogen-bond donors (Lipinski definition) is 0. The number of nitro benzene ring substituents is 1. The third-order valence-corrected chi connectivity index (χ3v) is 3.56.